The molecule has 1 atom stereocenters. The van der Waals surface area contributed by atoms with E-state index in [0.717, 1.165) is 33.1 Å². The maximum Gasteiger partial charge on any atom is 0.225 e. The number of rotatable bonds is 3. The second kappa shape index (κ2) is 5.03. The molecule has 1 unspecified atom stereocenters. The molecule has 3 heterocycles. The van der Waals surface area contributed by atoms with E-state index in [0.29, 0.717) is 0 Å². The summed E-state index contributed by atoms with van der Waals surface area (Å²) < 4.78 is 5.20. The summed E-state index contributed by atoms with van der Waals surface area (Å²) in [7, 11) is 0. The molecule has 0 amide bonds. The van der Waals surface area contributed by atoms with Gasteiger partial charge in [-0.15, -0.1) is 11.3 Å². The fourth-order valence-electron chi connectivity index (χ4n) is 2.32. The fraction of sp³-hybridized carbons (Fsp3) is 0.308. The predicted octanol–water partition coefficient (Wildman–Crippen LogP) is 4.12. The van der Waals surface area contributed by atoms with Crippen LogP contribution in [0.4, 0.5) is 5.82 Å². The minimum Gasteiger partial charge on any atom is -0.363 e. The molecule has 104 valence electrons. The maximum absolute atomic E-state index is 5.97. The van der Waals surface area contributed by atoms with Gasteiger partial charge in [0.15, 0.2) is 0 Å². The van der Waals surface area contributed by atoms with E-state index in [4.69, 9.17) is 16.1 Å². The van der Waals surface area contributed by atoms with Crippen molar-refractivity contribution in [2.75, 3.05) is 5.32 Å². The van der Waals surface area contributed by atoms with E-state index in [-0.39, 0.29) is 11.3 Å². The first kappa shape index (κ1) is 13.3. The van der Waals surface area contributed by atoms with Crippen molar-refractivity contribution in [1.82, 2.24) is 15.1 Å². The van der Waals surface area contributed by atoms with Crippen LogP contribution in [0.25, 0.3) is 10.2 Å². The molecule has 0 bridgehead atoms. The van der Waals surface area contributed by atoms with Gasteiger partial charge in [-0.2, -0.15) is 0 Å². The lowest BCUT2D eigenvalue weighted by molar-refractivity contribution is 0.392. The molecular weight excluding hydrogens is 296 g/mol. The molecule has 3 aromatic rings. The molecule has 0 aromatic carbocycles. The van der Waals surface area contributed by atoms with Crippen molar-refractivity contribution < 1.29 is 4.52 Å². The Bertz CT molecular complexity index is 747. The van der Waals surface area contributed by atoms with Gasteiger partial charge < -0.3 is 9.84 Å². The minimum absolute atomic E-state index is 0.0234. The highest BCUT2D eigenvalue weighted by Crippen LogP contribution is 2.30. The minimum atomic E-state index is 0.0234. The number of thiophene rings is 1. The Kier molecular flexibility index (Phi) is 3.35. The summed E-state index contributed by atoms with van der Waals surface area (Å²) in [4.78, 5) is 9.36. The van der Waals surface area contributed by atoms with Gasteiger partial charge in [-0.25, -0.2) is 9.97 Å². The molecule has 0 aliphatic rings. The first-order valence-electron chi connectivity index (χ1n) is 6.16. The monoisotopic (exact) mass is 308 g/mol. The topological polar surface area (TPSA) is 63.8 Å². The van der Waals surface area contributed by atoms with Crippen LogP contribution < -0.4 is 5.32 Å². The Balaban J connectivity index is 1.99. The van der Waals surface area contributed by atoms with Crippen molar-refractivity contribution in [3.63, 3.8) is 0 Å². The second-order valence-electron chi connectivity index (χ2n) is 4.58. The lowest BCUT2D eigenvalue weighted by atomic mass is 10.1. The molecule has 0 spiro atoms. The number of halogens is 1. The summed E-state index contributed by atoms with van der Waals surface area (Å²) in [6.07, 6.45) is 0. The zero-order valence-corrected chi connectivity index (χ0v) is 12.8. The lowest BCUT2D eigenvalue weighted by Crippen LogP contribution is -2.10. The molecule has 0 aliphatic carbocycles. The molecule has 0 aliphatic heterocycles. The van der Waals surface area contributed by atoms with Crippen LogP contribution in [0.3, 0.4) is 0 Å². The van der Waals surface area contributed by atoms with E-state index < -0.39 is 0 Å². The van der Waals surface area contributed by atoms with Crippen LogP contribution in [-0.2, 0) is 0 Å². The van der Waals surface area contributed by atoms with Crippen LogP contribution in [-0.4, -0.2) is 15.1 Å². The first-order chi connectivity index (χ1) is 9.56. The number of aryl methyl sites for hydroxylation is 2. The molecule has 7 heteroatoms. The molecule has 3 aromatic heterocycles. The largest absolute Gasteiger partial charge is 0.363 e. The van der Waals surface area contributed by atoms with Crippen molar-refractivity contribution >= 4 is 39.0 Å². The Morgan fingerprint density at radius 1 is 1.35 bits per heavy atom. The lowest BCUT2D eigenvalue weighted by Gasteiger charge is -2.15. The highest BCUT2D eigenvalue weighted by atomic mass is 35.5. The molecule has 0 radical (unpaired) electrons. The number of aromatic nitrogens is 3. The Labute approximate surface area is 125 Å². The third-order valence-corrected chi connectivity index (χ3v) is 4.15. The number of nitrogens with zero attached hydrogens (tertiary/aromatic N) is 3. The van der Waals surface area contributed by atoms with Crippen molar-refractivity contribution in [1.29, 1.82) is 0 Å². The predicted molar refractivity (Wildman–Crippen MR) is 80.4 cm³/mol. The van der Waals surface area contributed by atoms with Crippen LogP contribution in [0, 0.1) is 13.8 Å². The Morgan fingerprint density at radius 3 is 2.85 bits per heavy atom. The average molecular weight is 309 g/mol. The van der Waals surface area contributed by atoms with E-state index in [1.165, 1.54) is 0 Å². The van der Waals surface area contributed by atoms with E-state index in [2.05, 4.69) is 20.4 Å². The van der Waals surface area contributed by atoms with Gasteiger partial charge in [0.1, 0.15) is 16.4 Å². The van der Waals surface area contributed by atoms with E-state index in [1.54, 1.807) is 11.3 Å². The highest BCUT2D eigenvalue weighted by Gasteiger charge is 2.18. The van der Waals surface area contributed by atoms with Crippen LogP contribution in [0.2, 0.25) is 5.28 Å². The average Bonchev–Trinajstić information content (AvgIpc) is 2.96. The van der Waals surface area contributed by atoms with Crippen LogP contribution in [0.1, 0.15) is 30.0 Å². The normalized spacial score (nSPS) is 12.8. The van der Waals surface area contributed by atoms with E-state index in [1.807, 2.05) is 32.2 Å². The summed E-state index contributed by atoms with van der Waals surface area (Å²) >= 11 is 7.51. The van der Waals surface area contributed by atoms with Gasteiger partial charge in [0, 0.05) is 5.56 Å². The number of anilines is 1. The van der Waals surface area contributed by atoms with Gasteiger partial charge in [0.2, 0.25) is 5.28 Å². The standard InChI is InChI=1S/C13H13ClN4OS/c1-6(10-7(2)18-19-8(10)3)15-11-9-4-5-20-12(9)17-13(14)16-11/h4-6H,1-3H3,(H,15,16,17). The van der Waals surface area contributed by atoms with Gasteiger partial charge in [0.25, 0.3) is 0 Å². The first-order valence-corrected chi connectivity index (χ1v) is 7.42. The molecule has 20 heavy (non-hydrogen) atoms. The summed E-state index contributed by atoms with van der Waals surface area (Å²) in [5, 5.41) is 10.5. The van der Waals surface area contributed by atoms with Gasteiger partial charge in [-0.05, 0) is 43.8 Å². The highest BCUT2D eigenvalue weighted by molar-refractivity contribution is 7.16. The van der Waals surface area contributed by atoms with E-state index >= 15 is 0 Å². The van der Waals surface area contributed by atoms with Gasteiger partial charge in [-0.1, -0.05) is 5.16 Å². The summed E-state index contributed by atoms with van der Waals surface area (Å²) in [5.74, 6) is 1.54. The molecular formula is C13H13ClN4OS. The van der Waals surface area contributed by atoms with Crippen LogP contribution >= 0.6 is 22.9 Å². The van der Waals surface area contributed by atoms with Crippen LogP contribution in [0.15, 0.2) is 16.0 Å². The molecule has 0 saturated carbocycles. The Morgan fingerprint density at radius 2 is 2.15 bits per heavy atom. The molecule has 1 N–H and O–H groups in total. The summed E-state index contributed by atoms with van der Waals surface area (Å²) in [6, 6.07) is 2.01. The van der Waals surface area contributed by atoms with Crippen molar-refractivity contribution in [2.45, 2.75) is 26.8 Å². The maximum atomic E-state index is 5.97. The Hall–Kier alpha value is -1.66. The van der Waals surface area contributed by atoms with Gasteiger partial charge in [-0.3, -0.25) is 0 Å². The number of hydrogen-bond donors (Lipinski definition) is 1. The summed E-state index contributed by atoms with van der Waals surface area (Å²) in [6.45, 7) is 5.87. The van der Waals surface area contributed by atoms with E-state index in [9.17, 15) is 0 Å². The fourth-order valence-corrected chi connectivity index (χ4v) is 3.31. The summed E-state index contributed by atoms with van der Waals surface area (Å²) in [5.41, 5.74) is 1.92. The van der Waals surface area contributed by atoms with Crippen molar-refractivity contribution in [3.05, 3.63) is 33.7 Å². The molecule has 3 rings (SSSR count). The molecule has 0 saturated heterocycles. The smallest absolute Gasteiger partial charge is 0.225 e. The number of fused-ring (bicyclic) bond motifs is 1. The third-order valence-electron chi connectivity index (χ3n) is 3.17. The second-order valence-corrected chi connectivity index (χ2v) is 5.82. The molecule has 0 fully saturated rings. The zero-order chi connectivity index (χ0) is 14.3. The van der Waals surface area contributed by atoms with Crippen molar-refractivity contribution in [2.24, 2.45) is 0 Å². The van der Waals surface area contributed by atoms with Crippen LogP contribution in [0.5, 0.6) is 0 Å². The SMILES string of the molecule is Cc1noc(C)c1C(C)Nc1nc(Cl)nc2sccc12. The van der Waals surface area contributed by atoms with Gasteiger partial charge in [0.05, 0.1) is 17.1 Å². The zero-order valence-electron chi connectivity index (χ0n) is 11.3. The van der Waals surface area contributed by atoms with Gasteiger partial charge >= 0.3 is 0 Å². The number of hydrogen-bond acceptors (Lipinski definition) is 6. The quantitative estimate of drug-likeness (QED) is 0.737. The third kappa shape index (κ3) is 2.25. The number of nitrogens with one attached hydrogen (secondary N) is 1. The van der Waals surface area contributed by atoms with Crippen molar-refractivity contribution in [3.8, 4) is 0 Å². The molecule has 5 nitrogen and oxygen atoms in total.